The molecule has 138 valence electrons. The van der Waals surface area contributed by atoms with Crippen LogP contribution < -0.4 is 10.1 Å². The first kappa shape index (κ1) is 18.5. The minimum absolute atomic E-state index is 0.131. The molecule has 0 unspecified atom stereocenters. The van der Waals surface area contributed by atoms with Crippen molar-refractivity contribution >= 4 is 28.1 Å². The fourth-order valence-electron chi connectivity index (χ4n) is 2.52. The first-order valence-electron chi connectivity index (χ1n) is 8.24. The fraction of sp³-hybridized carbons (Fsp3) is 0.158. The number of carbonyl (C=O) groups is 1. The van der Waals surface area contributed by atoms with Crippen LogP contribution in [0.15, 0.2) is 48.5 Å². The van der Waals surface area contributed by atoms with Crippen LogP contribution in [0.25, 0.3) is 11.3 Å². The van der Waals surface area contributed by atoms with E-state index in [4.69, 9.17) is 4.74 Å². The lowest BCUT2D eigenvalue weighted by Gasteiger charge is -2.04. The minimum Gasteiger partial charge on any atom is -0.494 e. The lowest BCUT2D eigenvalue weighted by atomic mass is 10.1. The van der Waals surface area contributed by atoms with Crippen LogP contribution in [-0.2, 0) is 0 Å². The molecule has 1 heterocycles. The molecule has 0 saturated heterocycles. The number of carbonyl (C=O) groups excluding carboxylic acids is 1. The van der Waals surface area contributed by atoms with Crippen LogP contribution in [0.2, 0.25) is 0 Å². The predicted molar refractivity (Wildman–Crippen MR) is 105 cm³/mol. The highest BCUT2D eigenvalue weighted by atomic mass is 32.1. The van der Waals surface area contributed by atoms with Gasteiger partial charge in [-0.25, -0.2) is 4.98 Å². The number of hydrogen-bond donors (Lipinski definition) is 1. The van der Waals surface area contributed by atoms with Crippen molar-refractivity contribution in [2.45, 2.75) is 13.8 Å². The lowest BCUT2D eigenvalue weighted by molar-refractivity contribution is -0.384. The van der Waals surface area contributed by atoms with E-state index in [1.807, 2.05) is 38.1 Å². The molecule has 0 aliphatic heterocycles. The highest BCUT2D eigenvalue weighted by Gasteiger charge is 2.15. The number of hydrogen-bond acceptors (Lipinski definition) is 6. The largest absolute Gasteiger partial charge is 0.494 e. The SMILES string of the molecule is CCOc1ccc(-c2nc(NC(=O)c3cccc([N+](=O)[O-])c3)sc2C)cc1. The van der Waals surface area contributed by atoms with Gasteiger partial charge in [0.15, 0.2) is 5.13 Å². The van der Waals surface area contributed by atoms with Gasteiger partial charge >= 0.3 is 0 Å². The molecule has 27 heavy (non-hydrogen) atoms. The molecule has 0 radical (unpaired) electrons. The minimum atomic E-state index is -0.533. The molecular formula is C19H17N3O4S. The van der Waals surface area contributed by atoms with Gasteiger partial charge in [0.05, 0.1) is 17.2 Å². The number of ether oxygens (including phenoxy) is 1. The Morgan fingerprint density at radius 2 is 2.00 bits per heavy atom. The van der Waals surface area contributed by atoms with E-state index in [-0.39, 0.29) is 11.3 Å². The van der Waals surface area contributed by atoms with E-state index in [1.165, 1.54) is 35.6 Å². The van der Waals surface area contributed by atoms with Crippen molar-refractivity contribution in [2.75, 3.05) is 11.9 Å². The maximum absolute atomic E-state index is 12.4. The number of anilines is 1. The summed E-state index contributed by atoms with van der Waals surface area (Å²) in [6.45, 7) is 4.45. The zero-order valence-corrected chi connectivity index (χ0v) is 15.6. The van der Waals surface area contributed by atoms with Crippen LogP contribution >= 0.6 is 11.3 Å². The Morgan fingerprint density at radius 1 is 1.26 bits per heavy atom. The zero-order valence-electron chi connectivity index (χ0n) is 14.8. The van der Waals surface area contributed by atoms with Crippen molar-refractivity contribution in [3.05, 3.63) is 69.1 Å². The number of aromatic nitrogens is 1. The number of aryl methyl sites for hydroxylation is 1. The van der Waals surface area contributed by atoms with E-state index in [1.54, 1.807) is 0 Å². The van der Waals surface area contributed by atoms with Gasteiger partial charge < -0.3 is 4.74 Å². The molecule has 0 atom stereocenters. The Kier molecular flexibility index (Phi) is 5.46. The van der Waals surface area contributed by atoms with Crippen LogP contribution in [0.3, 0.4) is 0 Å². The van der Waals surface area contributed by atoms with Gasteiger partial charge in [0, 0.05) is 28.1 Å². The zero-order chi connectivity index (χ0) is 19.4. The molecule has 8 heteroatoms. The van der Waals surface area contributed by atoms with E-state index < -0.39 is 10.8 Å². The molecule has 0 aliphatic carbocycles. The van der Waals surface area contributed by atoms with Crippen LogP contribution in [0.1, 0.15) is 22.2 Å². The molecule has 3 rings (SSSR count). The second kappa shape index (κ2) is 7.96. The number of rotatable bonds is 6. The molecule has 0 fully saturated rings. The van der Waals surface area contributed by atoms with Crippen molar-refractivity contribution in [3.63, 3.8) is 0 Å². The molecule has 0 spiro atoms. The summed E-state index contributed by atoms with van der Waals surface area (Å²) in [6, 6.07) is 13.2. The Labute approximate surface area is 159 Å². The Hall–Kier alpha value is -3.26. The average molecular weight is 383 g/mol. The smallest absolute Gasteiger partial charge is 0.270 e. The van der Waals surface area contributed by atoms with E-state index in [0.717, 1.165) is 21.9 Å². The highest BCUT2D eigenvalue weighted by Crippen LogP contribution is 2.31. The second-order valence-electron chi connectivity index (χ2n) is 5.64. The molecule has 1 amide bonds. The number of thiazole rings is 1. The number of nitro groups is 1. The predicted octanol–water partition coefficient (Wildman–Crippen LogP) is 4.68. The fourth-order valence-corrected chi connectivity index (χ4v) is 3.35. The summed E-state index contributed by atoms with van der Waals surface area (Å²) >= 11 is 1.35. The highest BCUT2D eigenvalue weighted by molar-refractivity contribution is 7.16. The van der Waals surface area contributed by atoms with Crippen LogP contribution in [0.5, 0.6) is 5.75 Å². The molecular weight excluding hydrogens is 366 g/mol. The molecule has 2 aromatic carbocycles. The molecule has 1 aromatic heterocycles. The van der Waals surface area contributed by atoms with E-state index in [9.17, 15) is 14.9 Å². The summed E-state index contributed by atoms with van der Waals surface area (Å²) < 4.78 is 5.44. The first-order valence-corrected chi connectivity index (χ1v) is 9.06. The van der Waals surface area contributed by atoms with Crippen molar-refractivity contribution in [3.8, 4) is 17.0 Å². The van der Waals surface area contributed by atoms with Crippen LogP contribution in [0.4, 0.5) is 10.8 Å². The Morgan fingerprint density at radius 3 is 2.67 bits per heavy atom. The maximum Gasteiger partial charge on any atom is 0.270 e. The molecule has 7 nitrogen and oxygen atoms in total. The van der Waals surface area contributed by atoms with Gasteiger partial charge in [-0.05, 0) is 44.2 Å². The van der Waals surface area contributed by atoms with Crippen LogP contribution in [0, 0.1) is 17.0 Å². The summed E-state index contributed by atoms with van der Waals surface area (Å²) in [5, 5.41) is 14.0. The Balaban J connectivity index is 1.79. The topological polar surface area (TPSA) is 94.4 Å². The van der Waals surface area contributed by atoms with Crippen molar-refractivity contribution in [2.24, 2.45) is 0 Å². The van der Waals surface area contributed by atoms with Gasteiger partial charge in [0.25, 0.3) is 11.6 Å². The van der Waals surface area contributed by atoms with Crippen molar-refractivity contribution < 1.29 is 14.5 Å². The van der Waals surface area contributed by atoms with Gasteiger partial charge in [0.1, 0.15) is 5.75 Å². The number of nitrogens with one attached hydrogen (secondary N) is 1. The third-order valence-electron chi connectivity index (χ3n) is 3.77. The normalized spacial score (nSPS) is 10.4. The summed E-state index contributed by atoms with van der Waals surface area (Å²) in [4.78, 5) is 28.1. The lowest BCUT2D eigenvalue weighted by Crippen LogP contribution is -2.11. The summed E-state index contributed by atoms with van der Waals surface area (Å²) in [5.41, 5.74) is 1.77. The second-order valence-corrected chi connectivity index (χ2v) is 6.85. The molecule has 1 N–H and O–H groups in total. The van der Waals surface area contributed by atoms with Crippen molar-refractivity contribution in [1.82, 2.24) is 4.98 Å². The van der Waals surface area contributed by atoms with E-state index >= 15 is 0 Å². The van der Waals surface area contributed by atoms with Crippen molar-refractivity contribution in [1.29, 1.82) is 0 Å². The number of nitrogens with zero attached hydrogens (tertiary/aromatic N) is 2. The molecule has 0 bridgehead atoms. The van der Waals surface area contributed by atoms with Gasteiger partial charge in [0.2, 0.25) is 0 Å². The molecule has 0 aliphatic rings. The number of benzene rings is 2. The van der Waals surface area contributed by atoms with Crippen LogP contribution in [-0.4, -0.2) is 22.4 Å². The third-order valence-corrected chi connectivity index (χ3v) is 4.66. The quantitative estimate of drug-likeness (QED) is 0.493. The molecule has 0 saturated carbocycles. The van der Waals surface area contributed by atoms with Gasteiger partial charge in [-0.2, -0.15) is 0 Å². The number of amides is 1. The standard InChI is InChI=1S/C19H17N3O4S/c1-3-26-16-9-7-13(8-10-16)17-12(2)27-19(20-17)21-18(23)14-5-4-6-15(11-14)22(24)25/h4-11H,3H2,1-2H3,(H,20,21,23). The first-order chi connectivity index (χ1) is 13.0. The monoisotopic (exact) mass is 383 g/mol. The number of non-ortho nitro benzene ring substituents is 1. The van der Waals surface area contributed by atoms with Gasteiger partial charge in [-0.15, -0.1) is 11.3 Å². The summed E-state index contributed by atoms with van der Waals surface area (Å²) in [5.74, 6) is 0.346. The van der Waals surface area contributed by atoms with Gasteiger partial charge in [-0.1, -0.05) is 6.07 Å². The van der Waals surface area contributed by atoms with E-state index in [2.05, 4.69) is 10.3 Å². The third kappa shape index (κ3) is 4.29. The van der Waals surface area contributed by atoms with Gasteiger partial charge in [-0.3, -0.25) is 20.2 Å². The molecule has 3 aromatic rings. The average Bonchev–Trinajstić information content (AvgIpc) is 3.03. The summed E-state index contributed by atoms with van der Waals surface area (Å²) in [7, 11) is 0. The van der Waals surface area contributed by atoms with E-state index in [0.29, 0.717) is 11.7 Å². The number of nitro benzene ring substituents is 1. The summed E-state index contributed by atoms with van der Waals surface area (Å²) in [6.07, 6.45) is 0. The Bertz CT molecular complexity index is 983. The maximum atomic E-state index is 12.4.